The Balaban J connectivity index is 2.43. The van der Waals surface area contributed by atoms with Crippen LogP contribution >= 0.6 is 11.6 Å². The van der Waals surface area contributed by atoms with Gasteiger partial charge in [-0.15, -0.1) is 11.6 Å². The Morgan fingerprint density at radius 2 is 2.00 bits per heavy atom. The van der Waals surface area contributed by atoms with Crippen LogP contribution < -0.4 is 5.32 Å². The second kappa shape index (κ2) is 6.98. The number of carbonyl (C=O) groups excluding carboxylic acids is 1. The summed E-state index contributed by atoms with van der Waals surface area (Å²) < 4.78 is 41.2. The van der Waals surface area contributed by atoms with E-state index in [0.717, 1.165) is 12.8 Å². The van der Waals surface area contributed by atoms with Crippen LogP contribution in [0.4, 0.5) is 13.2 Å². The summed E-state index contributed by atoms with van der Waals surface area (Å²) in [5.41, 5.74) is -0.679. The number of hydrogen-bond acceptors (Lipinski definition) is 2. The van der Waals surface area contributed by atoms with Gasteiger partial charge < -0.3 is 10.1 Å². The Morgan fingerprint density at radius 1 is 1.35 bits per heavy atom. The third-order valence-electron chi connectivity index (χ3n) is 3.39. The number of amides is 1. The summed E-state index contributed by atoms with van der Waals surface area (Å²) in [6, 6.07) is -0.142. The summed E-state index contributed by atoms with van der Waals surface area (Å²) >= 11 is 5.72. The van der Waals surface area contributed by atoms with E-state index in [1.165, 1.54) is 0 Å². The summed E-state index contributed by atoms with van der Waals surface area (Å²) in [6.45, 7) is 2.23. The molecule has 0 saturated heterocycles. The van der Waals surface area contributed by atoms with Crippen molar-refractivity contribution in [2.45, 2.75) is 57.9 Å². The minimum Gasteiger partial charge on any atom is -0.369 e. The van der Waals surface area contributed by atoms with E-state index < -0.39 is 24.3 Å². The lowest BCUT2D eigenvalue weighted by Crippen LogP contribution is -2.46. The summed E-state index contributed by atoms with van der Waals surface area (Å²) in [5.74, 6) is 0.0218. The Morgan fingerprint density at radius 3 is 2.55 bits per heavy atom. The topological polar surface area (TPSA) is 38.3 Å². The minimum absolute atomic E-state index is 0.142. The van der Waals surface area contributed by atoms with Crippen LogP contribution in [0, 0.1) is 5.41 Å². The van der Waals surface area contributed by atoms with E-state index in [1.807, 2.05) is 0 Å². The summed E-state index contributed by atoms with van der Waals surface area (Å²) in [6.07, 6.45) is -2.24. The third kappa shape index (κ3) is 5.87. The average Bonchev–Trinajstić information content (AvgIpc) is 2.36. The van der Waals surface area contributed by atoms with E-state index >= 15 is 0 Å². The number of halogens is 4. The van der Waals surface area contributed by atoms with Crippen molar-refractivity contribution in [3.05, 3.63) is 0 Å². The number of hydrogen-bond donors (Lipinski definition) is 1. The normalized spacial score (nSPS) is 24.5. The lowest BCUT2D eigenvalue weighted by atomic mass is 9.90. The van der Waals surface area contributed by atoms with E-state index in [9.17, 15) is 18.0 Å². The molecule has 1 N–H and O–H groups in total. The monoisotopic (exact) mass is 315 g/mol. The number of rotatable bonds is 5. The second-order valence-electron chi connectivity index (χ2n) is 5.90. The zero-order valence-electron chi connectivity index (χ0n) is 11.7. The fourth-order valence-electron chi connectivity index (χ4n) is 2.08. The molecular weight excluding hydrogens is 295 g/mol. The maximum absolute atomic E-state index is 12.1. The summed E-state index contributed by atoms with van der Waals surface area (Å²) in [7, 11) is 0. The van der Waals surface area contributed by atoms with Crippen molar-refractivity contribution in [3.8, 4) is 0 Å². The molecule has 0 aromatic carbocycles. The smallest absolute Gasteiger partial charge is 0.369 e. The van der Waals surface area contributed by atoms with Crippen molar-refractivity contribution >= 4 is 17.5 Å². The van der Waals surface area contributed by atoms with Crippen molar-refractivity contribution < 1.29 is 22.7 Å². The van der Waals surface area contributed by atoms with Gasteiger partial charge in [0.25, 0.3) is 0 Å². The van der Waals surface area contributed by atoms with Gasteiger partial charge in [-0.25, -0.2) is 0 Å². The summed E-state index contributed by atoms with van der Waals surface area (Å²) in [5, 5.41) is 2.85. The Hall–Kier alpha value is -0.490. The van der Waals surface area contributed by atoms with Gasteiger partial charge in [0.2, 0.25) is 5.91 Å². The first kappa shape index (κ1) is 17.6. The van der Waals surface area contributed by atoms with Crippen LogP contribution in [0.1, 0.15) is 39.5 Å². The van der Waals surface area contributed by atoms with Crippen LogP contribution in [0.3, 0.4) is 0 Å². The van der Waals surface area contributed by atoms with E-state index in [4.69, 9.17) is 16.3 Å². The van der Waals surface area contributed by atoms with E-state index in [1.54, 1.807) is 13.8 Å². The van der Waals surface area contributed by atoms with Gasteiger partial charge in [0.1, 0.15) is 6.61 Å². The molecule has 3 nitrogen and oxygen atoms in total. The molecule has 1 aliphatic rings. The van der Waals surface area contributed by atoms with Crippen LogP contribution in [-0.2, 0) is 9.53 Å². The maximum atomic E-state index is 12.1. The Bertz CT molecular complexity index is 334. The number of ether oxygens (including phenoxy) is 1. The van der Waals surface area contributed by atoms with Crippen LogP contribution in [0.25, 0.3) is 0 Å². The number of alkyl halides is 4. The van der Waals surface area contributed by atoms with E-state index in [0.29, 0.717) is 12.8 Å². The molecule has 1 saturated carbocycles. The van der Waals surface area contributed by atoms with Crippen molar-refractivity contribution in [3.63, 3.8) is 0 Å². The predicted molar refractivity (Wildman–Crippen MR) is 70.7 cm³/mol. The average molecular weight is 316 g/mol. The minimum atomic E-state index is -4.31. The molecule has 1 aliphatic carbocycles. The highest BCUT2D eigenvalue weighted by molar-refractivity contribution is 6.19. The SMILES string of the molecule is CC(C)(CCl)C(=O)NC1CCCC(OCC(F)(F)F)C1. The molecule has 0 aromatic heterocycles. The first-order valence-electron chi connectivity index (χ1n) is 6.69. The van der Waals surface area contributed by atoms with E-state index in [-0.39, 0.29) is 17.8 Å². The molecule has 0 radical (unpaired) electrons. The molecule has 118 valence electrons. The first-order valence-corrected chi connectivity index (χ1v) is 7.23. The molecule has 20 heavy (non-hydrogen) atoms. The molecule has 0 aromatic rings. The number of carbonyl (C=O) groups is 1. The molecule has 0 spiro atoms. The van der Waals surface area contributed by atoms with Gasteiger partial charge in [-0.1, -0.05) is 0 Å². The molecular formula is C13H21ClF3NO2. The van der Waals surface area contributed by atoms with Gasteiger partial charge in [-0.2, -0.15) is 13.2 Å². The van der Waals surface area contributed by atoms with Crippen molar-refractivity contribution in [2.75, 3.05) is 12.5 Å². The number of nitrogens with one attached hydrogen (secondary N) is 1. The Kier molecular flexibility index (Phi) is 6.13. The fourth-order valence-corrected chi connectivity index (χ4v) is 2.20. The lowest BCUT2D eigenvalue weighted by molar-refractivity contribution is -0.188. The molecule has 1 fully saturated rings. The largest absolute Gasteiger partial charge is 0.411 e. The zero-order valence-corrected chi connectivity index (χ0v) is 12.5. The van der Waals surface area contributed by atoms with Gasteiger partial charge in [0.15, 0.2) is 0 Å². The zero-order chi connectivity index (χ0) is 15.4. The van der Waals surface area contributed by atoms with Gasteiger partial charge in [0.05, 0.1) is 11.5 Å². The van der Waals surface area contributed by atoms with Crippen molar-refractivity contribution in [1.29, 1.82) is 0 Å². The highest BCUT2D eigenvalue weighted by atomic mass is 35.5. The quantitative estimate of drug-likeness (QED) is 0.791. The molecule has 1 rings (SSSR count). The van der Waals surface area contributed by atoms with Gasteiger partial charge in [-0.05, 0) is 39.5 Å². The molecule has 1 amide bonds. The molecule has 2 unspecified atom stereocenters. The van der Waals surface area contributed by atoms with Crippen LogP contribution in [-0.4, -0.2) is 36.7 Å². The maximum Gasteiger partial charge on any atom is 0.411 e. The highest BCUT2D eigenvalue weighted by Crippen LogP contribution is 2.25. The molecule has 7 heteroatoms. The first-order chi connectivity index (χ1) is 9.14. The van der Waals surface area contributed by atoms with E-state index in [2.05, 4.69) is 5.32 Å². The fraction of sp³-hybridized carbons (Fsp3) is 0.923. The van der Waals surface area contributed by atoms with Crippen molar-refractivity contribution in [1.82, 2.24) is 5.32 Å². The molecule has 0 heterocycles. The molecule has 2 atom stereocenters. The highest BCUT2D eigenvalue weighted by Gasteiger charge is 2.33. The predicted octanol–water partition coefficient (Wildman–Crippen LogP) is 3.26. The Labute approximate surface area is 122 Å². The van der Waals surface area contributed by atoms with Crippen LogP contribution in [0.5, 0.6) is 0 Å². The summed E-state index contributed by atoms with van der Waals surface area (Å²) in [4.78, 5) is 12.0. The van der Waals surface area contributed by atoms with Gasteiger partial charge in [0, 0.05) is 11.9 Å². The third-order valence-corrected chi connectivity index (χ3v) is 4.06. The van der Waals surface area contributed by atoms with Crippen LogP contribution in [0.2, 0.25) is 0 Å². The molecule has 0 bridgehead atoms. The lowest BCUT2D eigenvalue weighted by Gasteiger charge is -2.32. The second-order valence-corrected chi connectivity index (χ2v) is 6.17. The van der Waals surface area contributed by atoms with Crippen LogP contribution in [0.15, 0.2) is 0 Å². The standard InChI is InChI=1S/C13H21ClF3NO2/c1-12(2,7-14)11(19)18-9-4-3-5-10(6-9)20-8-13(15,16)17/h9-10H,3-8H2,1-2H3,(H,18,19). The van der Waals surface area contributed by atoms with Gasteiger partial charge >= 0.3 is 6.18 Å². The van der Waals surface area contributed by atoms with Crippen molar-refractivity contribution in [2.24, 2.45) is 5.41 Å². The molecule has 0 aliphatic heterocycles. The van der Waals surface area contributed by atoms with Gasteiger partial charge in [-0.3, -0.25) is 4.79 Å².